The summed E-state index contributed by atoms with van der Waals surface area (Å²) in [5, 5.41) is 6.51. The number of nitrogens with one attached hydrogen (secondary N) is 2. The number of carbonyl (C=O) groups excluding carboxylic acids is 1. The highest BCUT2D eigenvalue weighted by Crippen LogP contribution is 2.17. The summed E-state index contributed by atoms with van der Waals surface area (Å²) in [5.74, 6) is 0.201. The average Bonchev–Trinajstić information content (AvgIpc) is 2.64. The van der Waals surface area contributed by atoms with Crippen LogP contribution in [-0.4, -0.2) is 30.6 Å². The van der Waals surface area contributed by atoms with Gasteiger partial charge in [-0.15, -0.1) is 0 Å². The van der Waals surface area contributed by atoms with Crippen molar-refractivity contribution >= 4 is 5.91 Å². The number of amides is 1. The van der Waals surface area contributed by atoms with Gasteiger partial charge < -0.3 is 16.4 Å². The summed E-state index contributed by atoms with van der Waals surface area (Å²) >= 11 is 0. The normalized spacial score (nSPS) is 36.6. The molecule has 1 saturated carbocycles. The summed E-state index contributed by atoms with van der Waals surface area (Å²) in [7, 11) is 0. The van der Waals surface area contributed by atoms with Gasteiger partial charge >= 0.3 is 0 Å². The van der Waals surface area contributed by atoms with Crippen LogP contribution in [-0.2, 0) is 4.79 Å². The zero-order valence-electron chi connectivity index (χ0n) is 9.17. The summed E-state index contributed by atoms with van der Waals surface area (Å²) in [5.41, 5.74) is 5.85. The molecule has 86 valence electrons. The topological polar surface area (TPSA) is 67.1 Å². The number of nitrogens with two attached hydrogens (primary N) is 1. The van der Waals surface area contributed by atoms with Crippen LogP contribution in [0.15, 0.2) is 0 Å². The Morgan fingerprint density at radius 1 is 1.27 bits per heavy atom. The smallest absolute Gasteiger partial charge is 0.220 e. The highest BCUT2D eigenvalue weighted by molar-refractivity contribution is 5.78. The summed E-state index contributed by atoms with van der Waals surface area (Å²) in [6.45, 7) is 0.922. The highest BCUT2D eigenvalue weighted by atomic mass is 16.1. The highest BCUT2D eigenvalue weighted by Gasteiger charge is 2.23. The Kier molecular flexibility index (Phi) is 3.59. The van der Waals surface area contributed by atoms with E-state index in [4.69, 9.17) is 5.73 Å². The summed E-state index contributed by atoms with van der Waals surface area (Å²) < 4.78 is 0. The summed E-state index contributed by atoms with van der Waals surface area (Å²) in [6.07, 6.45) is 6.31. The number of hydrogen-bond acceptors (Lipinski definition) is 3. The van der Waals surface area contributed by atoms with Gasteiger partial charge in [-0.2, -0.15) is 0 Å². The lowest BCUT2D eigenvalue weighted by Crippen LogP contribution is -2.43. The molecule has 4 heteroatoms. The van der Waals surface area contributed by atoms with Crippen LogP contribution in [0, 0.1) is 0 Å². The Labute approximate surface area is 91.0 Å². The van der Waals surface area contributed by atoms with Crippen LogP contribution < -0.4 is 16.4 Å². The van der Waals surface area contributed by atoms with E-state index >= 15 is 0 Å². The standard InChI is InChI=1S/C11H21N3O/c12-8-1-3-9(4-2-8)13-7-10-5-6-11(15)14-10/h8-10,13H,1-7,12H2,(H,14,15). The molecule has 1 amide bonds. The van der Waals surface area contributed by atoms with E-state index in [-0.39, 0.29) is 5.91 Å². The maximum atomic E-state index is 11.0. The molecule has 1 heterocycles. The quantitative estimate of drug-likeness (QED) is 0.621. The van der Waals surface area contributed by atoms with E-state index in [0.717, 1.165) is 25.8 Å². The zero-order valence-corrected chi connectivity index (χ0v) is 9.17. The molecule has 0 radical (unpaired) electrons. The fraction of sp³-hybridized carbons (Fsp3) is 0.909. The molecule has 4 N–H and O–H groups in total. The van der Waals surface area contributed by atoms with Crippen molar-refractivity contribution in [2.24, 2.45) is 5.73 Å². The van der Waals surface area contributed by atoms with E-state index < -0.39 is 0 Å². The first-order valence-corrected chi connectivity index (χ1v) is 6.02. The lowest BCUT2D eigenvalue weighted by Gasteiger charge is -2.27. The van der Waals surface area contributed by atoms with Crippen molar-refractivity contribution in [3.05, 3.63) is 0 Å². The Balaban J connectivity index is 1.63. The van der Waals surface area contributed by atoms with Crippen molar-refractivity contribution < 1.29 is 4.79 Å². The Hall–Kier alpha value is -0.610. The monoisotopic (exact) mass is 211 g/mol. The van der Waals surface area contributed by atoms with Crippen LogP contribution in [0.3, 0.4) is 0 Å². The van der Waals surface area contributed by atoms with E-state index in [0.29, 0.717) is 24.5 Å². The minimum Gasteiger partial charge on any atom is -0.352 e. The summed E-state index contributed by atoms with van der Waals surface area (Å²) in [4.78, 5) is 11.0. The van der Waals surface area contributed by atoms with Crippen LogP contribution >= 0.6 is 0 Å². The Morgan fingerprint density at radius 3 is 2.60 bits per heavy atom. The molecule has 0 aromatic heterocycles. The maximum Gasteiger partial charge on any atom is 0.220 e. The minimum absolute atomic E-state index is 0.201. The van der Waals surface area contributed by atoms with Crippen molar-refractivity contribution in [1.29, 1.82) is 0 Å². The molecule has 0 bridgehead atoms. The van der Waals surface area contributed by atoms with E-state index in [1.807, 2.05) is 0 Å². The number of carbonyl (C=O) groups is 1. The van der Waals surface area contributed by atoms with Crippen LogP contribution in [0.5, 0.6) is 0 Å². The first-order chi connectivity index (χ1) is 7.24. The van der Waals surface area contributed by atoms with Crippen LogP contribution in [0.1, 0.15) is 38.5 Å². The van der Waals surface area contributed by atoms with Crippen molar-refractivity contribution in [3.63, 3.8) is 0 Å². The third kappa shape index (κ3) is 3.18. The van der Waals surface area contributed by atoms with Gasteiger partial charge in [-0.05, 0) is 32.1 Å². The van der Waals surface area contributed by atoms with Gasteiger partial charge in [0.1, 0.15) is 0 Å². The van der Waals surface area contributed by atoms with E-state index in [1.54, 1.807) is 0 Å². The van der Waals surface area contributed by atoms with Gasteiger partial charge in [-0.3, -0.25) is 4.79 Å². The molecule has 1 aliphatic heterocycles. The van der Waals surface area contributed by atoms with Gasteiger partial charge in [-0.25, -0.2) is 0 Å². The second-order valence-electron chi connectivity index (χ2n) is 4.82. The molecule has 1 saturated heterocycles. The van der Waals surface area contributed by atoms with Crippen molar-refractivity contribution in [2.75, 3.05) is 6.54 Å². The molecule has 2 aliphatic rings. The number of rotatable bonds is 3. The van der Waals surface area contributed by atoms with Gasteiger partial charge in [0.25, 0.3) is 0 Å². The lowest BCUT2D eigenvalue weighted by atomic mass is 9.92. The van der Waals surface area contributed by atoms with Crippen molar-refractivity contribution in [2.45, 2.75) is 56.7 Å². The zero-order chi connectivity index (χ0) is 10.7. The second kappa shape index (κ2) is 4.94. The van der Waals surface area contributed by atoms with Gasteiger partial charge in [0.15, 0.2) is 0 Å². The summed E-state index contributed by atoms with van der Waals surface area (Å²) in [6, 6.07) is 1.38. The van der Waals surface area contributed by atoms with Gasteiger partial charge in [0, 0.05) is 31.1 Å². The van der Waals surface area contributed by atoms with E-state index in [1.165, 1.54) is 12.8 Å². The van der Waals surface area contributed by atoms with Crippen molar-refractivity contribution in [1.82, 2.24) is 10.6 Å². The molecule has 0 aromatic rings. The Morgan fingerprint density at radius 2 is 2.00 bits per heavy atom. The third-order valence-electron chi connectivity index (χ3n) is 3.51. The molecule has 2 rings (SSSR count). The molecule has 0 spiro atoms. The molecule has 4 nitrogen and oxygen atoms in total. The molecule has 2 fully saturated rings. The average molecular weight is 211 g/mol. The molecule has 1 atom stereocenters. The van der Waals surface area contributed by atoms with Gasteiger partial charge in [-0.1, -0.05) is 0 Å². The predicted octanol–water partition coefficient (Wildman–Crippen LogP) is 0.124. The molecule has 15 heavy (non-hydrogen) atoms. The Bertz CT molecular complexity index is 224. The predicted molar refractivity (Wildman–Crippen MR) is 59.4 cm³/mol. The van der Waals surface area contributed by atoms with Crippen molar-refractivity contribution in [3.8, 4) is 0 Å². The van der Waals surface area contributed by atoms with Crippen LogP contribution in [0.4, 0.5) is 0 Å². The minimum atomic E-state index is 0.201. The molecular formula is C11H21N3O. The largest absolute Gasteiger partial charge is 0.352 e. The second-order valence-corrected chi connectivity index (χ2v) is 4.82. The van der Waals surface area contributed by atoms with E-state index in [2.05, 4.69) is 10.6 Å². The number of hydrogen-bond donors (Lipinski definition) is 3. The SMILES string of the molecule is NC1CCC(NCC2CCC(=O)N2)CC1. The van der Waals surface area contributed by atoms with E-state index in [9.17, 15) is 4.79 Å². The van der Waals surface area contributed by atoms with Gasteiger partial charge in [0.2, 0.25) is 5.91 Å². The van der Waals surface area contributed by atoms with Crippen LogP contribution in [0.2, 0.25) is 0 Å². The third-order valence-corrected chi connectivity index (χ3v) is 3.51. The van der Waals surface area contributed by atoms with Gasteiger partial charge in [0.05, 0.1) is 0 Å². The first-order valence-electron chi connectivity index (χ1n) is 6.02. The molecule has 1 aliphatic carbocycles. The fourth-order valence-corrected chi connectivity index (χ4v) is 2.46. The lowest BCUT2D eigenvalue weighted by molar-refractivity contribution is -0.119. The molecular weight excluding hydrogens is 190 g/mol. The van der Waals surface area contributed by atoms with Crippen LogP contribution in [0.25, 0.3) is 0 Å². The first kappa shape index (κ1) is 10.9. The molecule has 1 unspecified atom stereocenters. The molecule has 0 aromatic carbocycles. The maximum absolute atomic E-state index is 11.0. The fourth-order valence-electron chi connectivity index (χ4n) is 2.46.